The molecule has 0 amide bonds. The molecule has 1 aromatic rings. The van der Waals surface area contributed by atoms with Crippen LogP contribution in [0.4, 0.5) is 0 Å². The van der Waals surface area contributed by atoms with Crippen molar-refractivity contribution in [2.75, 3.05) is 0 Å². The molecule has 1 aliphatic rings. The average molecular weight is 224 g/mol. The Morgan fingerprint density at radius 1 is 1.24 bits per heavy atom. The van der Waals surface area contributed by atoms with E-state index in [0.717, 1.165) is 6.42 Å². The first-order valence-electron chi connectivity index (χ1n) is 6.37. The van der Waals surface area contributed by atoms with Gasteiger partial charge in [-0.1, -0.05) is 62.1 Å². The summed E-state index contributed by atoms with van der Waals surface area (Å²) in [5, 5.41) is 0. The van der Waals surface area contributed by atoms with Crippen molar-refractivity contribution in [3.05, 3.63) is 65.8 Å². The van der Waals surface area contributed by atoms with Crippen LogP contribution in [0.2, 0.25) is 0 Å². The SMILES string of the molecule is C=Cc1ccc(C[C@@H](C)C2=CCCC=C2)cc1. The molecule has 0 saturated carbocycles. The van der Waals surface area contributed by atoms with Crippen molar-refractivity contribution in [1.82, 2.24) is 0 Å². The molecule has 0 aromatic heterocycles. The van der Waals surface area contributed by atoms with E-state index < -0.39 is 0 Å². The monoisotopic (exact) mass is 224 g/mol. The molecule has 0 heteroatoms. The molecular formula is C17H20. The van der Waals surface area contributed by atoms with Crippen molar-refractivity contribution in [1.29, 1.82) is 0 Å². The summed E-state index contributed by atoms with van der Waals surface area (Å²) in [6, 6.07) is 8.70. The second kappa shape index (κ2) is 5.67. The van der Waals surface area contributed by atoms with E-state index in [1.807, 2.05) is 6.08 Å². The standard InChI is InChI=1S/C17H20/c1-3-15-9-11-16(12-10-15)13-14(2)17-7-5-4-6-8-17/h3,5,7-12,14H,1,4,6,13H2,2H3/t14-/m1/s1. The highest BCUT2D eigenvalue weighted by molar-refractivity contribution is 5.47. The van der Waals surface area contributed by atoms with Gasteiger partial charge in [-0.2, -0.15) is 0 Å². The maximum absolute atomic E-state index is 3.78. The van der Waals surface area contributed by atoms with Crippen molar-refractivity contribution >= 4 is 6.08 Å². The van der Waals surface area contributed by atoms with Gasteiger partial charge in [0.25, 0.3) is 0 Å². The Morgan fingerprint density at radius 2 is 2.00 bits per heavy atom. The molecule has 0 aliphatic heterocycles. The molecule has 0 N–H and O–H groups in total. The minimum absolute atomic E-state index is 0.612. The van der Waals surface area contributed by atoms with Crippen molar-refractivity contribution in [2.24, 2.45) is 5.92 Å². The van der Waals surface area contributed by atoms with Crippen LogP contribution in [0.1, 0.15) is 30.9 Å². The molecule has 0 nitrogen and oxygen atoms in total. The third kappa shape index (κ3) is 3.20. The van der Waals surface area contributed by atoms with Gasteiger partial charge in [0, 0.05) is 0 Å². The molecule has 0 unspecified atom stereocenters. The van der Waals surface area contributed by atoms with E-state index >= 15 is 0 Å². The number of allylic oxidation sites excluding steroid dienone is 4. The highest BCUT2D eigenvalue weighted by Crippen LogP contribution is 2.22. The van der Waals surface area contributed by atoms with E-state index in [-0.39, 0.29) is 0 Å². The molecule has 17 heavy (non-hydrogen) atoms. The van der Waals surface area contributed by atoms with E-state index in [0.29, 0.717) is 5.92 Å². The minimum atomic E-state index is 0.612. The Kier molecular flexibility index (Phi) is 3.98. The molecule has 1 atom stereocenters. The van der Waals surface area contributed by atoms with Gasteiger partial charge in [-0.3, -0.25) is 0 Å². The molecule has 0 saturated heterocycles. The molecule has 1 aliphatic carbocycles. The van der Waals surface area contributed by atoms with Gasteiger partial charge in [0.2, 0.25) is 0 Å². The van der Waals surface area contributed by atoms with Gasteiger partial charge >= 0.3 is 0 Å². The van der Waals surface area contributed by atoms with Crippen LogP contribution in [0.5, 0.6) is 0 Å². The summed E-state index contributed by atoms with van der Waals surface area (Å²) in [4.78, 5) is 0. The Hall–Kier alpha value is -1.56. The Labute approximate surface area is 104 Å². The maximum Gasteiger partial charge on any atom is -0.0153 e. The summed E-state index contributed by atoms with van der Waals surface area (Å²) in [5.74, 6) is 0.612. The zero-order chi connectivity index (χ0) is 12.1. The summed E-state index contributed by atoms with van der Waals surface area (Å²) in [5.41, 5.74) is 4.09. The number of benzene rings is 1. The van der Waals surface area contributed by atoms with E-state index in [1.165, 1.54) is 29.5 Å². The summed E-state index contributed by atoms with van der Waals surface area (Å²) in [6.45, 7) is 6.09. The maximum atomic E-state index is 3.78. The highest BCUT2D eigenvalue weighted by atomic mass is 14.1. The van der Waals surface area contributed by atoms with Gasteiger partial charge < -0.3 is 0 Å². The fourth-order valence-corrected chi connectivity index (χ4v) is 2.26. The third-order valence-electron chi connectivity index (χ3n) is 3.35. The smallest absolute Gasteiger partial charge is 0.0153 e. The first kappa shape index (κ1) is 11.9. The van der Waals surface area contributed by atoms with Crippen molar-refractivity contribution < 1.29 is 0 Å². The molecular weight excluding hydrogens is 204 g/mol. The van der Waals surface area contributed by atoms with Gasteiger partial charge in [-0.05, 0) is 41.9 Å². The lowest BCUT2D eigenvalue weighted by molar-refractivity contribution is 0.684. The highest BCUT2D eigenvalue weighted by Gasteiger charge is 2.08. The van der Waals surface area contributed by atoms with Crippen LogP contribution in [0.25, 0.3) is 6.08 Å². The van der Waals surface area contributed by atoms with Crippen molar-refractivity contribution in [3.8, 4) is 0 Å². The largest absolute Gasteiger partial charge is 0.0985 e. The van der Waals surface area contributed by atoms with Crippen molar-refractivity contribution in [2.45, 2.75) is 26.2 Å². The first-order valence-corrected chi connectivity index (χ1v) is 6.37. The van der Waals surface area contributed by atoms with E-state index in [9.17, 15) is 0 Å². The quantitative estimate of drug-likeness (QED) is 0.690. The second-order valence-electron chi connectivity index (χ2n) is 4.73. The Bertz CT molecular complexity index is 432. The third-order valence-corrected chi connectivity index (χ3v) is 3.35. The number of hydrogen-bond donors (Lipinski definition) is 0. The van der Waals surface area contributed by atoms with Crippen LogP contribution in [0, 0.1) is 5.92 Å². The Morgan fingerprint density at radius 3 is 2.59 bits per heavy atom. The van der Waals surface area contributed by atoms with Crippen LogP contribution in [0.15, 0.2) is 54.6 Å². The van der Waals surface area contributed by atoms with E-state index in [2.05, 4.69) is 56.0 Å². The van der Waals surface area contributed by atoms with Crippen molar-refractivity contribution in [3.63, 3.8) is 0 Å². The van der Waals surface area contributed by atoms with Gasteiger partial charge in [0.1, 0.15) is 0 Å². The predicted molar refractivity (Wildman–Crippen MR) is 75.9 cm³/mol. The normalized spacial score (nSPS) is 16.4. The van der Waals surface area contributed by atoms with Crippen LogP contribution >= 0.6 is 0 Å². The van der Waals surface area contributed by atoms with Gasteiger partial charge in [-0.15, -0.1) is 0 Å². The lowest BCUT2D eigenvalue weighted by atomic mass is 9.90. The lowest BCUT2D eigenvalue weighted by Crippen LogP contribution is -2.03. The molecule has 0 spiro atoms. The lowest BCUT2D eigenvalue weighted by Gasteiger charge is -2.15. The summed E-state index contributed by atoms with van der Waals surface area (Å²) < 4.78 is 0. The average Bonchev–Trinajstić information content (AvgIpc) is 2.40. The van der Waals surface area contributed by atoms with E-state index in [1.54, 1.807) is 0 Å². The zero-order valence-electron chi connectivity index (χ0n) is 10.5. The molecule has 0 radical (unpaired) electrons. The number of hydrogen-bond acceptors (Lipinski definition) is 0. The van der Waals surface area contributed by atoms with Gasteiger partial charge in [-0.25, -0.2) is 0 Å². The van der Waals surface area contributed by atoms with Gasteiger partial charge in [0.05, 0.1) is 0 Å². The number of rotatable bonds is 4. The minimum Gasteiger partial charge on any atom is -0.0985 e. The topological polar surface area (TPSA) is 0 Å². The summed E-state index contributed by atoms with van der Waals surface area (Å²) >= 11 is 0. The molecule has 0 heterocycles. The molecule has 0 bridgehead atoms. The van der Waals surface area contributed by atoms with Gasteiger partial charge in [0.15, 0.2) is 0 Å². The predicted octanol–water partition coefficient (Wildman–Crippen LogP) is 4.78. The fraction of sp³-hybridized carbons (Fsp3) is 0.294. The zero-order valence-corrected chi connectivity index (χ0v) is 10.5. The van der Waals surface area contributed by atoms with Crippen LogP contribution in [-0.4, -0.2) is 0 Å². The summed E-state index contributed by atoms with van der Waals surface area (Å²) in [6.07, 6.45) is 12.4. The second-order valence-corrected chi connectivity index (χ2v) is 4.73. The van der Waals surface area contributed by atoms with Crippen LogP contribution in [-0.2, 0) is 6.42 Å². The van der Waals surface area contributed by atoms with Crippen LogP contribution < -0.4 is 0 Å². The molecule has 2 rings (SSSR count). The van der Waals surface area contributed by atoms with Crippen LogP contribution in [0.3, 0.4) is 0 Å². The molecule has 1 aromatic carbocycles. The summed E-state index contributed by atoms with van der Waals surface area (Å²) in [7, 11) is 0. The fourth-order valence-electron chi connectivity index (χ4n) is 2.26. The Balaban J connectivity index is 2.02. The molecule has 0 fully saturated rings. The molecule has 88 valence electrons. The first-order chi connectivity index (χ1) is 8.29. The van der Waals surface area contributed by atoms with E-state index in [4.69, 9.17) is 0 Å².